The number of ether oxygens (including phenoxy) is 2. The van der Waals surface area contributed by atoms with Gasteiger partial charge in [0.2, 0.25) is 5.43 Å². The molecule has 1 heterocycles. The number of aryl methyl sites for hydroxylation is 1. The molecule has 7 heteroatoms. The van der Waals surface area contributed by atoms with Gasteiger partial charge in [0.05, 0.1) is 24.6 Å². The zero-order chi connectivity index (χ0) is 16.9. The van der Waals surface area contributed by atoms with Crippen molar-refractivity contribution >= 4 is 45.1 Å². The maximum absolute atomic E-state index is 12.8. The van der Waals surface area contributed by atoms with Crippen LogP contribution in [0.1, 0.15) is 5.56 Å². The second-order valence-electron chi connectivity index (χ2n) is 4.94. The van der Waals surface area contributed by atoms with Crippen LogP contribution in [0.15, 0.2) is 21.3 Å². The largest absolute Gasteiger partial charge is 0.507 e. The molecule has 0 fully saturated rings. The predicted octanol–water partition coefficient (Wildman–Crippen LogP) is 4.28. The fourth-order valence-electron chi connectivity index (χ4n) is 2.54. The standard InChI is InChI=1S/C16H12Cl2O5/c1-6-11-8(5-10(22-3)13(6)17)23-16-12(15(11)20)7(19)4-9(21-2)14(16)18/h4-5,19H,1-3H3. The molecule has 0 aliphatic carbocycles. The van der Waals surface area contributed by atoms with Crippen molar-refractivity contribution in [3.63, 3.8) is 0 Å². The molecule has 0 aliphatic heterocycles. The number of benzene rings is 2. The van der Waals surface area contributed by atoms with Crippen LogP contribution in [0, 0.1) is 6.92 Å². The minimum Gasteiger partial charge on any atom is -0.507 e. The van der Waals surface area contributed by atoms with Gasteiger partial charge < -0.3 is 19.0 Å². The Morgan fingerprint density at radius 3 is 2.26 bits per heavy atom. The summed E-state index contributed by atoms with van der Waals surface area (Å²) in [7, 11) is 2.87. The number of methoxy groups -OCH3 is 2. The first kappa shape index (κ1) is 15.8. The lowest BCUT2D eigenvalue weighted by molar-refractivity contribution is 0.408. The highest BCUT2D eigenvalue weighted by atomic mass is 35.5. The Balaban J connectivity index is 2.61. The fraction of sp³-hybridized carbons (Fsp3) is 0.188. The zero-order valence-corrected chi connectivity index (χ0v) is 14.0. The first-order valence-corrected chi connectivity index (χ1v) is 7.35. The highest BCUT2D eigenvalue weighted by Gasteiger charge is 2.21. The summed E-state index contributed by atoms with van der Waals surface area (Å²) >= 11 is 12.4. The predicted molar refractivity (Wildman–Crippen MR) is 89.5 cm³/mol. The van der Waals surface area contributed by atoms with E-state index in [1.54, 1.807) is 6.92 Å². The second-order valence-corrected chi connectivity index (χ2v) is 5.69. The van der Waals surface area contributed by atoms with Crippen molar-refractivity contribution in [2.45, 2.75) is 6.92 Å². The molecular formula is C16H12Cl2O5. The van der Waals surface area contributed by atoms with Gasteiger partial charge >= 0.3 is 0 Å². The van der Waals surface area contributed by atoms with Crippen LogP contribution in [0.3, 0.4) is 0 Å². The van der Waals surface area contributed by atoms with Gasteiger partial charge in [0.1, 0.15) is 33.2 Å². The highest BCUT2D eigenvalue weighted by molar-refractivity contribution is 6.37. The second kappa shape index (κ2) is 5.51. The quantitative estimate of drug-likeness (QED) is 0.695. The van der Waals surface area contributed by atoms with Crippen molar-refractivity contribution in [3.8, 4) is 17.2 Å². The number of fused-ring (bicyclic) bond motifs is 2. The van der Waals surface area contributed by atoms with Crippen LogP contribution in [0.25, 0.3) is 21.9 Å². The molecule has 0 atom stereocenters. The summed E-state index contributed by atoms with van der Waals surface area (Å²) in [4.78, 5) is 12.8. The summed E-state index contributed by atoms with van der Waals surface area (Å²) in [5.74, 6) is 0.308. The molecule has 0 bridgehead atoms. The van der Waals surface area contributed by atoms with Crippen molar-refractivity contribution in [2.75, 3.05) is 14.2 Å². The van der Waals surface area contributed by atoms with E-state index >= 15 is 0 Å². The van der Waals surface area contributed by atoms with Crippen LogP contribution >= 0.6 is 23.2 Å². The van der Waals surface area contributed by atoms with E-state index in [0.29, 0.717) is 16.3 Å². The molecule has 0 unspecified atom stereocenters. The maximum Gasteiger partial charge on any atom is 0.204 e. The first-order valence-electron chi connectivity index (χ1n) is 6.59. The van der Waals surface area contributed by atoms with Crippen LogP contribution in [-0.2, 0) is 0 Å². The van der Waals surface area contributed by atoms with E-state index in [2.05, 4.69) is 0 Å². The third-order valence-electron chi connectivity index (χ3n) is 3.70. The number of phenolic OH excluding ortho intramolecular Hbond substituents is 1. The Morgan fingerprint density at radius 2 is 1.65 bits per heavy atom. The van der Waals surface area contributed by atoms with Gasteiger partial charge in [-0.2, -0.15) is 0 Å². The van der Waals surface area contributed by atoms with Gasteiger partial charge in [-0.15, -0.1) is 0 Å². The minimum absolute atomic E-state index is 0.0207. The average Bonchev–Trinajstić information content (AvgIpc) is 2.53. The molecule has 2 aromatic carbocycles. The molecule has 1 aromatic heterocycles. The van der Waals surface area contributed by atoms with Crippen LogP contribution < -0.4 is 14.9 Å². The van der Waals surface area contributed by atoms with E-state index in [-0.39, 0.29) is 38.5 Å². The molecule has 3 aromatic rings. The molecule has 0 radical (unpaired) electrons. The smallest absolute Gasteiger partial charge is 0.204 e. The van der Waals surface area contributed by atoms with Gasteiger partial charge in [0, 0.05) is 12.1 Å². The summed E-state index contributed by atoms with van der Waals surface area (Å²) in [5, 5.41) is 10.8. The van der Waals surface area contributed by atoms with Crippen LogP contribution in [0.4, 0.5) is 0 Å². The van der Waals surface area contributed by atoms with E-state index in [9.17, 15) is 9.90 Å². The Kier molecular flexibility index (Phi) is 3.78. The average molecular weight is 355 g/mol. The number of hydrogen-bond acceptors (Lipinski definition) is 5. The topological polar surface area (TPSA) is 68.9 Å². The van der Waals surface area contributed by atoms with Crippen molar-refractivity contribution in [1.29, 1.82) is 0 Å². The summed E-state index contributed by atoms with van der Waals surface area (Å²) in [6.45, 7) is 1.68. The minimum atomic E-state index is -0.426. The molecule has 5 nitrogen and oxygen atoms in total. The van der Waals surface area contributed by atoms with Crippen molar-refractivity contribution in [1.82, 2.24) is 0 Å². The molecular weight excluding hydrogens is 343 g/mol. The van der Waals surface area contributed by atoms with Gasteiger partial charge in [0.15, 0.2) is 5.58 Å². The number of aromatic hydroxyl groups is 1. The van der Waals surface area contributed by atoms with Gasteiger partial charge in [-0.3, -0.25) is 4.79 Å². The lowest BCUT2D eigenvalue weighted by Gasteiger charge is -2.12. The molecule has 0 saturated heterocycles. The molecule has 1 N–H and O–H groups in total. The number of phenols is 1. The molecule has 0 amide bonds. The van der Waals surface area contributed by atoms with E-state index in [4.69, 9.17) is 37.1 Å². The first-order chi connectivity index (χ1) is 10.9. The van der Waals surface area contributed by atoms with Crippen molar-refractivity contribution < 1.29 is 19.0 Å². The van der Waals surface area contributed by atoms with Gasteiger partial charge in [0.25, 0.3) is 0 Å². The number of hydrogen-bond donors (Lipinski definition) is 1. The number of rotatable bonds is 2. The van der Waals surface area contributed by atoms with Crippen molar-refractivity contribution in [3.05, 3.63) is 38.0 Å². The van der Waals surface area contributed by atoms with Gasteiger partial charge in [-0.05, 0) is 12.5 Å². The Morgan fingerprint density at radius 1 is 1.04 bits per heavy atom. The monoisotopic (exact) mass is 354 g/mol. The lowest BCUT2D eigenvalue weighted by Crippen LogP contribution is -2.06. The highest BCUT2D eigenvalue weighted by Crippen LogP contribution is 2.40. The SMILES string of the molecule is COc1cc2oc3c(Cl)c(OC)cc(O)c3c(=O)c2c(C)c1Cl. The van der Waals surface area contributed by atoms with Crippen LogP contribution in [0.2, 0.25) is 10.0 Å². The lowest BCUT2D eigenvalue weighted by atomic mass is 10.1. The van der Waals surface area contributed by atoms with Crippen LogP contribution in [-0.4, -0.2) is 19.3 Å². The Labute approximate surface area is 140 Å². The molecule has 120 valence electrons. The van der Waals surface area contributed by atoms with Crippen LogP contribution in [0.5, 0.6) is 17.2 Å². The summed E-state index contributed by atoms with van der Waals surface area (Å²) in [6, 6.07) is 2.78. The molecule has 0 spiro atoms. The number of halogens is 2. The van der Waals surface area contributed by atoms with E-state index in [1.165, 1.54) is 26.4 Å². The third kappa shape index (κ3) is 2.19. The molecule has 0 saturated carbocycles. The van der Waals surface area contributed by atoms with Gasteiger partial charge in [-0.1, -0.05) is 23.2 Å². The third-order valence-corrected chi connectivity index (χ3v) is 4.53. The summed E-state index contributed by atoms with van der Waals surface area (Å²) in [6.07, 6.45) is 0. The summed E-state index contributed by atoms with van der Waals surface area (Å²) < 4.78 is 16.0. The maximum atomic E-state index is 12.8. The zero-order valence-electron chi connectivity index (χ0n) is 12.5. The molecule has 23 heavy (non-hydrogen) atoms. The van der Waals surface area contributed by atoms with Crippen molar-refractivity contribution in [2.24, 2.45) is 0 Å². The van der Waals surface area contributed by atoms with E-state index < -0.39 is 5.43 Å². The molecule has 0 aliphatic rings. The van der Waals surface area contributed by atoms with Gasteiger partial charge in [-0.25, -0.2) is 0 Å². The fourth-order valence-corrected chi connectivity index (χ4v) is 3.03. The Bertz CT molecular complexity index is 1000. The summed E-state index contributed by atoms with van der Waals surface area (Å²) in [5.41, 5.74) is 0.383. The normalized spacial score (nSPS) is 11.2. The Hall–Kier alpha value is -2.11. The molecule has 3 rings (SSSR count). The van der Waals surface area contributed by atoms with E-state index in [0.717, 1.165) is 0 Å². The van der Waals surface area contributed by atoms with E-state index in [1.807, 2.05) is 0 Å².